The molecule has 0 aromatic rings. The smallest absolute Gasteiger partial charge is 0.410 e. The summed E-state index contributed by atoms with van der Waals surface area (Å²) in [5.41, 5.74) is 5.60. The van der Waals surface area contributed by atoms with Gasteiger partial charge in [0.15, 0.2) is 0 Å². The first-order chi connectivity index (χ1) is 7.15. The van der Waals surface area contributed by atoms with Gasteiger partial charge in [-0.3, -0.25) is 0 Å². The van der Waals surface area contributed by atoms with Crippen molar-refractivity contribution in [2.24, 2.45) is 11.7 Å². The van der Waals surface area contributed by atoms with Gasteiger partial charge in [0, 0.05) is 26.2 Å². The first-order valence-corrected chi connectivity index (χ1v) is 5.49. The van der Waals surface area contributed by atoms with E-state index in [-0.39, 0.29) is 12.1 Å². The predicted octanol–water partition coefficient (Wildman–Crippen LogP) is 0.0115. The van der Waals surface area contributed by atoms with Crippen molar-refractivity contribution < 1.29 is 9.53 Å². The van der Waals surface area contributed by atoms with E-state index >= 15 is 0 Å². The molecule has 5 heteroatoms. The summed E-state index contributed by atoms with van der Waals surface area (Å²) in [6.07, 6.45) is -0.236. The number of nitrogens with two attached hydrogens (primary N) is 1. The van der Waals surface area contributed by atoms with E-state index in [4.69, 9.17) is 10.5 Å². The molecule has 1 atom stereocenters. The molecule has 0 saturated carbocycles. The second-order valence-corrected chi connectivity index (χ2v) is 4.26. The zero-order valence-electron chi connectivity index (χ0n) is 9.53. The molecule has 1 unspecified atom stereocenters. The molecule has 1 aliphatic rings. The molecule has 1 heterocycles. The first-order valence-electron chi connectivity index (χ1n) is 5.49. The van der Waals surface area contributed by atoms with Gasteiger partial charge in [0.2, 0.25) is 0 Å². The lowest BCUT2D eigenvalue weighted by molar-refractivity contribution is 0.0709. The summed E-state index contributed by atoms with van der Waals surface area (Å²) < 4.78 is 5.18. The lowest BCUT2D eigenvalue weighted by Gasteiger charge is -2.34. The lowest BCUT2D eigenvalue weighted by atomic mass is 10.2. The molecule has 0 spiro atoms. The minimum absolute atomic E-state index is 0.0680. The van der Waals surface area contributed by atoms with Gasteiger partial charge >= 0.3 is 6.09 Å². The third kappa shape index (κ3) is 3.68. The van der Waals surface area contributed by atoms with E-state index in [0.717, 1.165) is 13.1 Å². The van der Waals surface area contributed by atoms with Gasteiger partial charge in [-0.2, -0.15) is 0 Å². The van der Waals surface area contributed by atoms with Gasteiger partial charge in [-0.1, -0.05) is 13.8 Å². The van der Waals surface area contributed by atoms with Crippen molar-refractivity contribution in [1.29, 1.82) is 0 Å². The highest BCUT2D eigenvalue weighted by Gasteiger charge is 2.26. The quantitative estimate of drug-likeness (QED) is 0.696. The third-order valence-electron chi connectivity index (χ3n) is 2.40. The van der Waals surface area contributed by atoms with Crippen LogP contribution in [0.1, 0.15) is 13.8 Å². The van der Waals surface area contributed by atoms with Crippen molar-refractivity contribution in [2.45, 2.75) is 19.9 Å². The molecular weight excluding hydrogens is 194 g/mol. The van der Waals surface area contributed by atoms with Crippen LogP contribution in [0.5, 0.6) is 0 Å². The number of nitrogens with one attached hydrogen (secondary N) is 1. The van der Waals surface area contributed by atoms with Gasteiger partial charge < -0.3 is 20.7 Å². The molecule has 1 fully saturated rings. The average Bonchev–Trinajstić information content (AvgIpc) is 2.25. The van der Waals surface area contributed by atoms with E-state index in [1.54, 1.807) is 4.90 Å². The Morgan fingerprint density at radius 2 is 2.40 bits per heavy atom. The van der Waals surface area contributed by atoms with Crippen molar-refractivity contribution >= 4 is 6.09 Å². The lowest BCUT2D eigenvalue weighted by Crippen LogP contribution is -2.56. The largest absolute Gasteiger partial charge is 0.449 e. The van der Waals surface area contributed by atoms with Crippen LogP contribution in [0, 0.1) is 5.92 Å². The molecule has 1 rings (SSSR count). The van der Waals surface area contributed by atoms with Crippen LogP contribution in [0.2, 0.25) is 0 Å². The van der Waals surface area contributed by atoms with E-state index in [9.17, 15) is 4.79 Å². The Bertz CT molecular complexity index is 209. The Balaban J connectivity index is 2.41. The fraction of sp³-hybridized carbons (Fsp3) is 0.900. The summed E-state index contributed by atoms with van der Waals surface area (Å²) in [4.78, 5) is 13.4. The normalized spacial score (nSPS) is 21.9. The molecule has 0 aliphatic carbocycles. The van der Waals surface area contributed by atoms with Crippen LogP contribution in [-0.2, 0) is 4.74 Å². The average molecular weight is 215 g/mol. The zero-order valence-corrected chi connectivity index (χ0v) is 9.53. The monoisotopic (exact) mass is 215 g/mol. The van der Waals surface area contributed by atoms with Gasteiger partial charge in [0.1, 0.15) is 0 Å². The maximum absolute atomic E-state index is 11.7. The fourth-order valence-electron chi connectivity index (χ4n) is 1.53. The number of nitrogens with zero attached hydrogens (tertiary/aromatic N) is 1. The summed E-state index contributed by atoms with van der Waals surface area (Å²) in [6, 6.07) is 0.0680. The maximum atomic E-state index is 11.7. The Morgan fingerprint density at radius 3 is 3.00 bits per heavy atom. The second-order valence-electron chi connectivity index (χ2n) is 4.26. The number of hydrogen-bond donors (Lipinski definition) is 2. The van der Waals surface area contributed by atoms with Crippen LogP contribution >= 0.6 is 0 Å². The topological polar surface area (TPSA) is 67.6 Å². The third-order valence-corrected chi connectivity index (χ3v) is 2.40. The number of hydrogen-bond acceptors (Lipinski definition) is 4. The van der Waals surface area contributed by atoms with Gasteiger partial charge in [-0.05, 0) is 5.92 Å². The molecule has 0 aromatic carbocycles. The van der Waals surface area contributed by atoms with Crippen molar-refractivity contribution in [2.75, 3.05) is 32.8 Å². The fourth-order valence-corrected chi connectivity index (χ4v) is 1.53. The molecule has 1 amide bonds. The van der Waals surface area contributed by atoms with Gasteiger partial charge in [-0.15, -0.1) is 0 Å². The molecule has 0 radical (unpaired) electrons. The molecular formula is C10H21N3O2. The summed E-state index contributed by atoms with van der Waals surface area (Å²) in [5, 5.41) is 3.21. The molecule has 1 aliphatic heterocycles. The summed E-state index contributed by atoms with van der Waals surface area (Å²) in [5.74, 6) is 0.369. The molecule has 3 N–H and O–H groups in total. The summed E-state index contributed by atoms with van der Waals surface area (Å²) in [6.45, 7) is 7.24. The highest BCUT2D eigenvalue weighted by Crippen LogP contribution is 2.05. The summed E-state index contributed by atoms with van der Waals surface area (Å²) >= 11 is 0. The van der Waals surface area contributed by atoms with Gasteiger partial charge in [0.25, 0.3) is 0 Å². The van der Waals surface area contributed by atoms with E-state index in [1.165, 1.54) is 0 Å². The Morgan fingerprint density at radius 1 is 1.67 bits per heavy atom. The minimum Gasteiger partial charge on any atom is -0.449 e. The number of carbonyl (C=O) groups excluding carboxylic acids is 1. The van der Waals surface area contributed by atoms with Gasteiger partial charge in [0.05, 0.1) is 12.6 Å². The van der Waals surface area contributed by atoms with E-state index in [0.29, 0.717) is 25.6 Å². The number of carbonyl (C=O) groups is 1. The number of rotatable bonds is 3. The molecule has 0 aromatic heterocycles. The second kappa shape index (κ2) is 5.92. The van der Waals surface area contributed by atoms with Crippen LogP contribution in [0.3, 0.4) is 0 Å². The van der Waals surface area contributed by atoms with Gasteiger partial charge in [-0.25, -0.2) is 4.79 Å². The van der Waals surface area contributed by atoms with Crippen molar-refractivity contribution in [1.82, 2.24) is 10.2 Å². The van der Waals surface area contributed by atoms with Crippen LogP contribution < -0.4 is 11.1 Å². The highest BCUT2D eigenvalue weighted by atomic mass is 16.6. The standard InChI is InChI=1S/C10H21N3O2/c1-8(2)7-15-10(14)13-4-3-12-6-9(13)5-11/h8-9,12H,3-7,11H2,1-2H3. The Kier molecular flexibility index (Phi) is 4.84. The summed E-state index contributed by atoms with van der Waals surface area (Å²) in [7, 11) is 0. The van der Waals surface area contributed by atoms with E-state index in [1.807, 2.05) is 13.8 Å². The zero-order chi connectivity index (χ0) is 11.3. The first kappa shape index (κ1) is 12.3. The highest BCUT2D eigenvalue weighted by molar-refractivity contribution is 5.68. The van der Waals surface area contributed by atoms with Crippen molar-refractivity contribution in [3.8, 4) is 0 Å². The SMILES string of the molecule is CC(C)COC(=O)N1CCNCC1CN. The molecule has 15 heavy (non-hydrogen) atoms. The molecule has 1 saturated heterocycles. The van der Waals surface area contributed by atoms with Crippen LogP contribution in [0.15, 0.2) is 0 Å². The number of piperazine rings is 1. The molecule has 5 nitrogen and oxygen atoms in total. The van der Waals surface area contributed by atoms with Crippen molar-refractivity contribution in [3.05, 3.63) is 0 Å². The predicted molar refractivity (Wildman–Crippen MR) is 58.6 cm³/mol. The van der Waals surface area contributed by atoms with Crippen LogP contribution in [-0.4, -0.2) is 49.8 Å². The molecule has 88 valence electrons. The Labute approximate surface area is 90.9 Å². The van der Waals surface area contributed by atoms with E-state index in [2.05, 4.69) is 5.32 Å². The van der Waals surface area contributed by atoms with E-state index < -0.39 is 0 Å². The van der Waals surface area contributed by atoms with Crippen LogP contribution in [0.25, 0.3) is 0 Å². The molecule has 0 bridgehead atoms. The minimum atomic E-state index is -0.236. The van der Waals surface area contributed by atoms with Crippen molar-refractivity contribution in [3.63, 3.8) is 0 Å². The maximum Gasteiger partial charge on any atom is 0.410 e. The number of amides is 1. The van der Waals surface area contributed by atoms with Crippen LogP contribution in [0.4, 0.5) is 4.79 Å². The number of ether oxygens (including phenoxy) is 1. The Hall–Kier alpha value is -0.810.